The standard InChI is InChI=1S/C14H18N2O5S/c1-4-9-15-13(17)10-21-14(18)11-5-7-12(8-6-11)22(19,20)16(2)3/h4-8H,1,9-10H2,2-3H3,(H,15,17). The summed E-state index contributed by atoms with van der Waals surface area (Å²) in [7, 11) is -0.716. The summed E-state index contributed by atoms with van der Waals surface area (Å²) in [4.78, 5) is 23.1. The zero-order valence-electron chi connectivity index (χ0n) is 12.4. The first kappa shape index (κ1) is 17.9. The highest BCUT2D eigenvalue weighted by Gasteiger charge is 2.18. The third-order valence-corrected chi connectivity index (χ3v) is 4.48. The topological polar surface area (TPSA) is 92.8 Å². The van der Waals surface area contributed by atoms with E-state index < -0.39 is 28.5 Å². The molecule has 1 aromatic carbocycles. The minimum Gasteiger partial charge on any atom is -0.452 e. The highest BCUT2D eigenvalue weighted by Crippen LogP contribution is 2.14. The SMILES string of the molecule is C=CCNC(=O)COC(=O)c1ccc(S(=O)(=O)N(C)C)cc1. The molecule has 0 atom stereocenters. The fraction of sp³-hybridized carbons (Fsp3) is 0.286. The number of nitrogens with one attached hydrogen (secondary N) is 1. The van der Waals surface area contributed by atoms with Gasteiger partial charge >= 0.3 is 5.97 Å². The zero-order chi connectivity index (χ0) is 16.8. The van der Waals surface area contributed by atoms with Crippen molar-refractivity contribution in [3.05, 3.63) is 42.5 Å². The summed E-state index contributed by atoms with van der Waals surface area (Å²) in [5, 5.41) is 2.46. The number of sulfonamides is 1. The second kappa shape index (κ2) is 7.71. The van der Waals surface area contributed by atoms with E-state index in [0.29, 0.717) is 0 Å². The molecule has 0 aliphatic rings. The molecule has 0 bridgehead atoms. The summed E-state index contributed by atoms with van der Waals surface area (Å²) >= 11 is 0. The van der Waals surface area contributed by atoms with Crippen molar-refractivity contribution in [3.8, 4) is 0 Å². The number of carbonyl (C=O) groups is 2. The van der Waals surface area contributed by atoms with Crippen LogP contribution in [0.1, 0.15) is 10.4 Å². The molecule has 1 rings (SSSR count). The highest BCUT2D eigenvalue weighted by molar-refractivity contribution is 7.89. The van der Waals surface area contributed by atoms with E-state index in [4.69, 9.17) is 4.74 Å². The van der Waals surface area contributed by atoms with Crippen molar-refractivity contribution in [2.45, 2.75) is 4.90 Å². The quantitative estimate of drug-likeness (QED) is 0.578. The lowest BCUT2D eigenvalue weighted by Crippen LogP contribution is -2.28. The van der Waals surface area contributed by atoms with E-state index in [1.807, 2.05) is 0 Å². The fourth-order valence-electron chi connectivity index (χ4n) is 1.43. The number of hydrogen-bond acceptors (Lipinski definition) is 5. The molecule has 1 amide bonds. The molecule has 0 unspecified atom stereocenters. The highest BCUT2D eigenvalue weighted by atomic mass is 32.2. The van der Waals surface area contributed by atoms with Gasteiger partial charge in [-0.1, -0.05) is 6.08 Å². The number of carbonyl (C=O) groups excluding carboxylic acids is 2. The Balaban J connectivity index is 2.69. The molecule has 0 saturated carbocycles. The smallest absolute Gasteiger partial charge is 0.338 e. The summed E-state index contributed by atoms with van der Waals surface area (Å²) in [5.41, 5.74) is 0.161. The molecular formula is C14H18N2O5S. The van der Waals surface area contributed by atoms with Crippen molar-refractivity contribution in [3.63, 3.8) is 0 Å². The normalized spacial score (nSPS) is 11.0. The lowest BCUT2D eigenvalue weighted by molar-refractivity contribution is -0.124. The molecule has 1 N–H and O–H groups in total. The molecule has 1 aromatic rings. The second-order valence-corrected chi connectivity index (χ2v) is 6.63. The first-order valence-corrected chi connectivity index (χ1v) is 7.80. The summed E-state index contributed by atoms with van der Waals surface area (Å²) in [5.74, 6) is -1.15. The Morgan fingerprint density at radius 3 is 2.36 bits per heavy atom. The predicted octanol–water partition coefficient (Wildman–Crippen LogP) is 0.396. The van der Waals surface area contributed by atoms with Crippen LogP contribution in [0.2, 0.25) is 0 Å². The van der Waals surface area contributed by atoms with Crippen molar-refractivity contribution >= 4 is 21.9 Å². The number of esters is 1. The van der Waals surface area contributed by atoms with Crippen LogP contribution in [0, 0.1) is 0 Å². The average molecular weight is 326 g/mol. The lowest BCUT2D eigenvalue weighted by Gasteiger charge is -2.11. The molecule has 0 aliphatic carbocycles. The van der Waals surface area contributed by atoms with Gasteiger partial charge in [0.1, 0.15) is 0 Å². The Hall–Kier alpha value is -2.19. The second-order valence-electron chi connectivity index (χ2n) is 4.48. The summed E-state index contributed by atoms with van der Waals surface area (Å²) in [6.45, 7) is 3.31. The Bertz CT molecular complexity index is 650. The van der Waals surface area contributed by atoms with Crippen LogP contribution < -0.4 is 5.32 Å². The van der Waals surface area contributed by atoms with Gasteiger partial charge in [0, 0.05) is 20.6 Å². The summed E-state index contributed by atoms with van der Waals surface area (Å²) in [6, 6.07) is 5.29. The van der Waals surface area contributed by atoms with Gasteiger partial charge in [0.15, 0.2) is 6.61 Å². The Labute approximate surface area is 129 Å². The van der Waals surface area contributed by atoms with Crippen LogP contribution >= 0.6 is 0 Å². The van der Waals surface area contributed by atoms with Gasteiger partial charge in [0.25, 0.3) is 5.91 Å². The van der Waals surface area contributed by atoms with Gasteiger partial charge in [0.2, 0.25) is 10.0 Å². The van der Waals surface area contributed by atoms with Crippen molar-refractivity contribution in [2.24, 2.45) is 0 Å². The van der Waals surface area contributed by atoms with Gasteiger partial charge in [-0.2, -0.15) is 0 Å². The van der Waals surface area contributed by atoms with E-state index in [-0.39, 0.29) is 17.0 Å². The van der Waals surface area contributed by atoms with Gasteiger partial charge < -0.3 is 10.1 Å². The Kier molecular flexibility index (Phi) is 6.26. The van der Waals surface area contributed by atoms with Crippen molar-refractivity contribution < 1.29 is 22.7 Å². The third-order valence-electron chi connectivity index (χ3n) is 2.65. The molecule has 0 fully saturated rings. The van der Waals surface area contributed by atoms with Crippen LogP contribution in [-0.4, -0.2) is 51.8 Å². The van der Waals surface area contributed by atoms with Gasteiger partial charge in [0.05, 0.1) is 10.5 Å². The molecule has 0 heterocycles. The van der Waals surface area contributed by atoms with Crippen molar-refractivity contribution in [1.82, 2.24) is 9.62 Å². The van der Waals surface area contributed by atoms with E-state index in [9.17, 15) is 18.0 Å². The van der Waals surface area contributed by atoms with Crippen LogP contribution in [0.25, 0.3) is 0 Å². The van der Waals surface area contributed by atoms with E-state index in [2.05, 4.69) is 11.9 Å². The van der Waals surface area contributed by atoms with Crippen LogP contribution in [0.4, 0.5) is 0 Å². The van der Waals surface area contributed by atoms with E-state index in [1.165, 1.54) is 44.4 Å². The van der Waals surface area contributed by atoms with E-state index in [1.54, 1.807) is 0 Å². The molecule has 0 aromatic heterocycles. The maximum atomic E-state index is 11.9. The van der Waals surface area contributed by atoms with Gasteiger partial charge in [-0.05, 0) is 24.3 Å². The first-order valence-electron chi connectivity index (χ1n) is 6.36. The van der Waals surface area contributed by atoms with E-state index in [0.717, 1.165) is 4.31 Å². The minimum absolute atomic E-state index is 0.0674. The average Bonchev–Trinajstić information content (AvgIpc) is 2.50. The molecule has 7 nitrogen and oxygen atoms in total. The molecule has 120 valence electrons. The zero-order valence-corrected chi connectivity index (χ0v) is 13.2. The third kappa shape index (κ3) is 4.68. The van der Waals surface area contributed by atoms with E-state index >= 15 is 0 Å². The Morgan fingerprint density at radius 2 is 1.86 bits per heavy atom. The number of nitrogens with zero attached hydrogens (tertiary/aromatic N) is 1. The molecule has 0 spiro atoms. The monoisotopic (exact) mass is 326 g/mol. The molecule has 0 saturated heterocycles. The van der Waals surface area contributed by atoms with Crippen LogP contribution in [0.15, 0.2) is 41.8 Å². The van der Waals surface area contributed by atoms with Gasteiger partial charge in [-0.25, -0.2) is 17.5 Å². The molecule has 8 heteroatoms. The number of benzene rings is 1. The molecule has 0 aliphatic heterocycles. The lowest BCUT2D eigenvalue weighted by atomic mass is 10.2. The minimum atomic E-state index is -3.55. The van der Waals surface area contributed by atoms with Crippen LogP contribution in [0.5, 0.6) is 0 Å². The number of hydrogen-bond donors (Lipinski definition) is 1. The van der Waals surface area contributed by atoms with Gasteiger partial charge in [-0.3, -0.25) is 4.79 Å². The van der Waals surface area contributed by atoms with Crippen molar-refractivity contribution in [2.75, 3.05) is 27.2 Å². The van der Waals surface area contributed by atoms with Crippen LogP contribution in [0.3, 0.4) is 0 Å². The number of rotatable bonds is 7. The molecule has 22 heavy (non-hydrogen) atoms. The fourth-order valence-corrected chi connectivity index (χ4v) is 2.33. The Morgan fingerprint density at radius 1 is 1.27 bits per heavy atom. The van der Waals surface area contributed by atoms with Gasteiger partial charge in [-0.15, -0.1) is 6.58 Å². The predicted molar refractivity (Wildman–Crippen MR) is 80.8 cm³/mol. The van der Waals surface area contributed by atoms with Crippen molar-refractivity contribution in [1.29, 1.82) is 0 Å². The first-order chi connectivity index (χ1) is 10.3. The molecule has 0 radical (unpaired) electrons. The summed E-state index contributed by atoms with van der Waals surface area (Å²) < 4.78 is 29.6. The largest absolute Gasteiger partial charge is 0.452 e. The summed E-state index contributed by atoms with van der Waals surface area (Å²) in [6.07, 6.45) is 1.50. The number of ether oxygens (including phenoxy) is 1. The maximum Gasteiger partial charge on any atom is 0.338 e. The number of amides is 1. The van der Waals surface area contributed by atoms with Crippen LogP contribution in [-0.2, 0) is 19.6 Å². The molecular weight excluding hydrogens is 308 g/mol. The maximum absolute atomic E-state index is 11.9.